The molecule has 2 rings (SSSR count). The van der Waals surface area contributed by atoms with E-state index in [9.17, 15) is 9.50 Å². The summed E-state index contributed by atoms with van der Waals surface area (Å²) in [5.74, 6) is 1.02. The van der Waals surface area contributed by atoms with Gasteiger partial charge in [0.1, 0.15) is 11.6 Å². The Balaban J connectivity index is 2.26. The van der Waals surface area contributed by atoms with Gasteiger partial charge in [-0.3, -0.25) is 0 Å². The maximum atomic E-state index is 13.7. The van der Waals surface area contributed by atoms with E-state index in [0.29, 0.717) is 5.82 Å². The van der Waals surface area contributed by atoms with Crippen molar-refractivity contribution in [3.8, 4) is 0 Å². The van der Waals surface area contributed by atoms with E-state index in [0.717, 1.165) is 18.8 Å². The zero-order valence-electron chi connectivity index (χ0n) is 12.1. The van der Waals surface area contributed by atoms with Gasteiger partial charge in [-0.25, -0.2) is 9.37 Å². The first-order chi connectivity index (χ1) is 8.88. The third kappa shape index (κ3) is 3.06. The van der Waals surface area contributed by atoms with E-state index in [-0.39, 0.29) is 29.7 Å². The molecular formula is C15H23FN2O. The Morgan fingerprint density at radius 1 is 1.26 bits per heavy atom. The van der Waals surface area contributed by atoms with Crippen LogP contribution in [0.2, 0.25) is 0 Å². The fourth-order valence-corrected chi connectivity index (χ4v) is 2.69. The normalized spacial score (nSPS) is 27.9. The van der Waals surface area contributed by atoms with Crippen LogP contribution in [0.15, 0.2) is 12.1 Å². The van der Waals surface area contributed by atoms with Crippen LogP contribution in [-0.4, -0.2) is 29.3 Å². The molecular weight excluding hydrogens is 243 g/mol. The second-order valence-corrected chi connectivity index (χ2v) is 6.07. The van der Waals surface area contributed by atoms with Crippen molar-refractivity contribution in [2.45, 2.75) is 39.7 Å². The quantitative estimate of drug-likeness (QED) is 0.894. The average Bonchev–Trinajstić information content (AvgIpc) is 2.34. The topological polar surface area (TPSA) is 36.4 Å². The van der Waals surface area contributed by atoms with Crippen molar-refractivity contribution in [1.29, 1.82) is 0 Å². The van der Waals surface area contributed by atoms with Crippen molar-refractivity contribution in [3.05, 3.63) is 23.6 Å². The average molecular weight is 266 g/mol. The molecule has 1 aromatic heterocycles. The second kappa shape index (κ2) is 5.45. The van der Waals surface area contributed by atoms with Gasteiger partial charge in [-0.05, 0) is 23.8 Å². The summed E-state index contributed by atoms with van der Waals surface area (Å²) in [4.78, 5) is 6.64. The highest BCUT2D eigenvalue weighted by Gasteiger charge is 2.31. The predicted octanol–water partition coefficient (Wildman–Crippen LogP) is 2.80. The van der Waals surface area contributed by atoms with Gasteiger partial charge in [0.05, 0.1) is 6.10 Å². The van der Waals surface area contributed by atoms with Gasteiger partial charge in [0, 0.05) is 24.8 Å². The molecule has 1 aromatic rings. The maximum absolute atomic E-state index is 13.7. The number of nitrogens with zero attached hydrogens (tertiary/aromatic N) is 2. The molecule has 0 saturated carbocycles. The van der Waals surface area contributed by atoms with Crippen molar-refractivity contribution >= 4 is 5.82 Å². The summed E-state index contributed by atoms with van der Waals surface area (Å²) in [7, 11) is 0. The lowest BCUT2D eigenvalue weighted by molar-refractivity contribution is 0.0527. The van der Waals surface area contributed by atoms with Crippen LogP contribution in [0.3, 0.4) is 0 Å². The van der Waals surface area contributed by atoms with Crippen LogP contribution in [-0.2, 0) is 0 Å². The molecule has 3 atom stereocenters. The number of rotatable bonds is 2. The molecule has 1 unspecified atom stereocenters. The van der Waals surface area contributed by atoms with Crippen LogP contribution in [0.1, 0.15) is 39.3 Å². The largest absolute Gasteiger partial charge is 0.392 e. The molecule has 0 aliphatic carbocycles. The van der Waals surface area contributed by atoms with Crippen LogP contribution in [0.25, 0.3) is 0 Å². The number of hydrogen-bond donors (Lipinski definition) is 1. The van der Waals surface area contributed by atoms with Gasteiger partial charge in [0.15, 0.2) is 0 Å². The van der Waals surface area contributed by atoms with Gasteiger partial charge >= 0.3 is 0 Å². The molecule has 4 heteroatoms. The van der Waals surface area contributed by atoms with E-state index in [4.69, 9.17) is 0 Å². The molecule has 1 aliphatic rings. The summed E-state index contributed by atoms with van der Waals surface area (Å²) in [6.07, 6.45) is -0.283. The zero-order chi connectivity index (χ0) is 14.2. The molecule has 1 N–H and O–H groups in total. The number of aliphatic hydroxyl groups excluding tert-OH is 1. The van der Waals surface area contributed by atoms with Gasteiger partial charge < -0.3 is 10.0 Å². The monoisotopic (exact) mass is 266 g/mol. The molecule has 1 fully saturated rings. The van der Waals surface area contributed by atoms with E-state index in [1.807, 2.05) is 27.7 Å². The number of halogens is 1. The molecule has 0 spiro atoms. The van der Waals surface area contributed by atoms with Crippen molar-refractivity contribution in [3.63, 3.8) is 0 Å². The molecule has 0 amide bonds. The SMILES string of the molecule is CC(C)c1cc(F)cc(N2C[C@@H](C)C(O)[C@@H](C)C2)n1. The number of aliphatic hydroxyl groups is 1. The Morgan fingerprint density at radius 2 is 1.84 bits per heavy atom. The highest BCUT2D eigenvalue weighted by atomic mass is 19.1. The number of anilines is 1. The number of hydrogen-bond acceptors (Lipinski definition) is 3. The first-order valence-electron chi connectivity index (χ1n) is 6.99. The number of piperidine rings is 1. The molecule has 0 aromatic carbocycles. The molecule has 2 heterocycles. The van der Waals surface area contributed by atoms with Crippen LogP contribution in [0, 0.1) is 17.7 Å². The van der Waals surface area contributed by atoms with Crippen molar-refractivity contribution in [1.82, 2.24) is 4.98 Å². The van der Waals surface area contributed by atoms with E-state index >= 15 is 0 Å². The molecule has 0 radical (unpaired) electrons. The van der Waals surface area contributed by atoms with Crippen molar-refractivity contribution < 1.29 is 9.50 Å². The third-order valence-corrected chi connectivity index (χ3v) is 3.89. The number of aromatic nitrogens is 1. The van der Waals surface area contributed by atoms with E-state index in [2.05, 4.69) is 9.88 Å². The fourth-order valence-electron chi connectivity index (χ4n) is 2.69. The maximum Gasteiger partial charge on any atom is 0.131 e. The minimum Gasteiger partial charge on any atom is -0.392 e. The number of pyridine rings is 1. The van der Waals surface area contributed by atoms with E-state index in [1.54, 1.807) is 0 Å². The lowest BCUT2D eigenvalue weighted by atomic mass is 9.88. The smallest absolute Gasteiger partial charge is 0.131 e. The summed E-state index contributed by atoms with van der Waals surface area (Å²) < 4.78 is 13.7. The van der Waals surface area contributed by atoms with Gasteiger partial charge in [0.2, 0.25) is 0 Å². The molecule has 19 heavy (non-hydrogen) atoms. The highest BCUT2D eigenvalue weighted by Crippen LogP contribution is 2.27. The van der Waals surface area contributed by atoms with E-state index < -0.39 is 0 Å². The molecule has 0 bridgehead atoms. The Kier molecular flexibility index (Phi) is 4.09. The van der Waals surface area contributed by atoms with Crippen LogP contribution < -0.4 is 4.90 Å². The minimum absolute atomic E-state index is 0.177. The molecule has 106 valence electrons. The minimum atomic E-state index is -0.283. The Hall–Kier alpha value is -1.16. The highest BCUT2D eigenvalue weighted by molar-refractivity contribution is 5.41. The third-order valence-electron chi connectivity index (χ3n) is 3.89. The van der Waals surface area contributed by atoms with Gasteiger partial charge in [-0.1, -0.05) is 27.7 Å². The van der Waals surface area contributed by atoms with Gasteiger partial charge in [-0.2, -0.15) is 0 Å². The molecule has 1 saturated heterocycles. The van der Waals surface area contributed by atoms with E-state index in [1.165, 1.54) is 12.1 Å². The first-order valence-corrected chi connectivity index (χ1v) is 6.99. The summed E-state index contributed by atoms with van der Waals surface area (Å²) in [6, 6.07) is 2.99. The van der Waals surface area contributed by atoms with Crippen LogP contribution in [0.5, 0.6) is 0 Å². The van der Waals surface area contributed by atoms with Gasteiger partial charge in [0.25, 0.3) is 0 Å². The van der Waals surface area contributed by atoms with Crippen molar-refractivity contribution in [2.24, 2.45) is 11.8 Å². The first kappa shape index (κ1) is 14.3. The summed E-state index contributed by atoms with van der Waals surface area (Å²) in [6.45, 7) is 9.51. The van der Waals surface area contributed by atoms with Gasteiger partial charge in [-0.15, -0.1) is 0 Å². The summed E-state index contributed by atoms with van der Waals surface area (Å²) in [5.41, 5.74) is 0.779. The lowest BCUT2D eigenvalue weighted by Crippen LogP contribution is -2.47. The standard InChI is InChI=1S/C15H23FN2O/c1-9(2)13-5-12(16)6-14(17-13)18-7-10(3)15(19)11(4)8-18/h5-6,9-11,15,19H,7-8H2,1-4H3/t10-,11+,15?. The molecule has 1 aliphatic heterocycles. The Labute approximate surface area is 114 Å². The van der Waals surface area contributed by atoms with Crippen molar-refractivity contribution in [2.75, 3.05) is 18.0 Å². The second-order valence-electron chi connectivity index (χ2n) is 6.07. The summed E-state index contributed by atoms with van der Waals surface area (Å²) >= 11 is 0. The fraction of sp³-hybridized carbons (Fsp3) is 0.667. The van der Waals surface area contributed by atoms with Crippen LogP contribution in [0.4, 0.5) is 10.2 Å². The Bertz CT molecular complexity index is 438. The predicted molar refractivity (Wildman–Crippen MR) is 74.8 cm³/mol. The Morgan fingerprint density at radius 3 is 2.37 bits per heavy atom. The lowest BCUT2D eigenvalue weighted by Gasteiger charge is -2.39. The molecule has 3 nitrogen and oxygen atoms in total. The summed E-state index contributed by atoms with van der Waals surface area (Å²) in [5, 5.41) is 9.99. The van der Waals surface area contributed by atoms with Crippen LogP contribution >= 0.6 is 0 Å². The zero-order valence-corrected chi connectivity index (χ0v) is 12.1.